The first kappa shape index (κ1) is 23.0. The van der Waals surface area contributed by atoms with Crippen molar-refractivity contribution in [3.8, 4) is 22.9 Å². The number of rotatable bonds is 5. The van der Waals surface area contributed by atoms with Crippen LogP contribution in [-0.2, 0) is 34.8 Å². The van der Waals surface area contributed by atoms with Crippen LogP contribution in [0.15, 0.2) is 23.0 Å². The van der Waals surface area contributed by atoms with E-state index in [2.05, 4.69) is 25.7 Å². The number of cyclic esters (lactones) is 1. The van der Waals surface area contributed by atoms with Crippen molar-refractivity contribution in [3.63, 3.8) is 0 Å². The lowest BCUT2D eigenvalue weighted by molar-refractivity contribution is -0.172. The minimum absolute atomic E-state index is 0.105. The maximum Gasteiger partial charge on any atom is 0.343 e. The molecule has 0 saturated heterocycles. The Bertz CT molecular complexity index is 1490. The van der Waals surface area contributed by atoms with E-state index in [0.29, 0.717) is 53.1 Å². The molecule has 3 aliphatic heterocycles. The summed E-state index contributed by atoms with van der Waals surface area (Å²) in [5.41, 5.74) is 2.61. The van der Waals surface area contributed by atoms with Gasteiger partial charge in [-0.25, -0.2) is 9.78 Å². The van der Waals surface area contributed by atoms with E-state index >= 15 is 0 Å². The number of aromatic nitrogens is 2. The Morgan fingerprint density at radius 2 is 1.86 bits per heavy atom. The minimum Gasteiger partial charge on any atom is -0.458 e. The number of pyridine rings is 2. The number of esters is 1. The van der Waals surface area contributed by atoms with Crippen molar-refractivity contribution in [2.45, 2.75) is 65.5 Å². The lowest BCUT2D eigenvalue weighted by Crippen LogP contribution is -2.44. The molecule has 5 heterocycles. The maximum absolute atomic E-state index is 13.6. The molecule has 0 bridgehead atoms. The van der Waals surface area contributed by atoms with E-state index in [0.717, 1.165) is 28.6 Å². The molecule has 0 radical (unpaired) electrons. The van der Waals surface area contributed by atoms with Gasteiger partial charge in [-0.3, -0.25) is 9.69 Å². The predicted molar refractivity (Wildman–Crippen MR) is 132 cm³/mol. The summed E-state index contributed by atoms with van der Waals surface area (Å²) in [4.78, 5) is 33.5. The molecule has 0 amide bonds. The first-order valence-electron chi connectivity index (χ1n) is 12.4. The fourth-order valence-corrected chi connectivity index (χ4v) is 5.60. The van der Waals surface area contributed by atoms with Crippen molar-refractivity contribution in [2.75, 3.05) is 13.3 Å². The number of nitrogens with zero attached hydrogens (tertiary/aromatic N) is 3. The molecule has 0 fully saturated rings. The highest BCUT2D eigenvalue weighted by molar-refractivity contribution is 5.91. The number of fused-ring (bicyclic) bond motifs is 6. The first-order valence-corrected chi connectivity index (χ1v) is 12.4. The largest absolute Gasteiger partial charge is 0.458 e. The zero-order chi connectivity index (χ0) is 25.4. The molecule has 6 rings (SSSR count). The van der Waals surface area contributed by atoms with Gasteiger partial charge < -0.3 is 23.9 Å². The normalized spacial score (nSPS) is 19.6. The summed E-state index contributed by atoms with van der Waals surface area (Å²) in [7, 11) is 0. The summed E-state index contributed by atoms with van der Waals surface area (Å²) in [5.74, 6) is 0.599. The van der Waals surface area contributed by atoms with E-state index in [1.807, 2.05) is 12.1 Å². The molecular formula is C27H29N3O6. The zero-order valence-corrected chi connectivity index (χ0v) is 20.9. The fraction of sp³-hybridized carbons (Fsp3) is 0.444. The van der Waals surface area contributed by atoms with Crippen molar-refractivity contribution in [1.29, 1.82) is 0 Å². The molecule has 1 aromatic carbocycles. The monoisotopic (exact) mass is 491 g/mol. The lowest BCUT2D eigenvalue weighted by atomic mass is 9.86. The number of carbonyl (C=O) groups excluding carboxylic acids is 1. The average Bonchev–Trinajstić information content (AvgIpc) is 3.47. The van der Waals surface area contributed by atoms with E-state index in [1.54, 1.807) is 17.6 Å². The second-order valence-corrected chi connectivity index (χ2v) is 9.90. The molecule has 36 heavy (non-hydrogen) atoms. The van der Waals surface area contributed by atoms with Gasteiger partial charge in [-0.1, -0.05) is 13.8 Å². The van der Waals surface area contributed by atoms with Gasteiger partial charge in [-0.05, 0) is 44.5 Å². The minimum atomic E-state index is -1.85. The third kappa shape index (κ3) is 3.12. The van der Waals surface area contributed by atoms with Gasteiger partial charge in [-0.2, -0.15) is 0 Å². The second-order valence-electron chi connectivity index (χ2n) is 9.90. The van der Waals surface area contributed by atoms with Gasteiger partial charge in [0.05, 0.1) is 29.0 Å². The van der Waals surface area contributed by atoms with Gasteiger partial charge >= 0.3 is 5.97 Å². The number of ether oxygens (including phenoxy) is 3. The Labute approximate surface area is 208 Å². The van der Waals surface area contributed by atoms with Crippen LogP contribution in [0, 0.1) is 0 Å². The molecule has 0 saturated carbocycles. The Hall–Kier alpha value is -3.43. The molecule has 0 spiro atoms. The van der Waals surface area contributed by atoms with Crippen molar-refractivity contribution in [2.24, 2.45) is 0 Å². The van der Waals surface area contributed by atoms with Crippen LogP contribution in [0.5, 0.6) is 11.5 Å². The van der Waals surface area contributed by atoms with Crippen LogP contribution >= 0.6 is 0 Å². The van der Waals surface area contributed by atoms with Gasteiger partial charge in [0.2, 0.25) is 6.79 Å². The van der Waals surface area contributed by atoms with E-state index in [4.69, 9.17) is 19.2 Å². The van der Waals surface area contributed by atoms with E-state index in [1.165, 1.54) is 0 Å². The van der Waals surface area contributed by atoms with Crippen molar-refractivity contribution in [3.05, 3.63) is 50.8 Å². The third-order valence-corrected chi connectivity index (χ3v) is 7.80. The highest BCUT2D eigenvalue weighted by Gasteiger charge is 2.45. The molecule has 0 aliphatic carbocycles. The molecular weight excluding hydrogens is 462 g/mol. The van der Waals surface area contributed by atoms with E-state index < -0.39 is 11.6 Å². The van der Waals surface area contributed by atoms with Crippen LogP contribution in [-0.4, -0.2) is 44.9 Å². The van der Waals surface area contributed by atoms with Gasteiger partial charge in [0.1, 0.15) is 6.61 Å². The number of hydrogen-bond acceptors (Lipinski definition) is 8. The van der Waals surface area contributed by atoms with Gasteiger partial charge in [0.25, 0.3) is 5.56 Å². The molecule has 2 aromatic heterocycles. The molecule has 9 heteroatoms. The average molecular weight is 492 g/mol. The Morgan fingerprint density at radius 1 is 1.11 bits per heavy atom. The standard InChI is InChI=1S/C27H29N3O6/c1-5-27(33)19-8-21-24-17(11-30(21)25(31)18(19)12-34-26(27)32)16(10-29(6-2)14(3)4)15-7-22-23(36-13-35-22)9-20(15)28-24/h7-9,14,33H,5-6,10-13H2,1-4H3/t27-/m0/s1. The third-order valence-electron chi connectivity index (χ3n) is 7.80. The highest BCUT2D eigenvalue weighted by Crippen LogP contribution is 2.43. The van der Waals surface area contributed by atoms with Crippen LogP contribution in [0.1, 0.15) is 56.4 Å². The van der Waals surface area contributed by atoms with Crippen LogP contribution in [0.4, 0.5) is 0 Å². The molecule has 1 atom stereocenters. The predicted octanol–water partition coefficient (Wildman–Crippen LogP) is 3.04. The number of benzene rings is 1. The Morgan fingerprint density at radius 3 is 2.56 bits per heavy atom. The van der Waals surface area contributed by atoms with Crippen LogP contribution in [0.2, 0.25) is 0 Å². The summed E-state index contributed by atoms with van der Waals surface area (Å²) in [6.45, 7) is 10.1. The molecule has 188 valence electrons. The van der Waals surface area contributed by atoms with Gasteiger partial charge in [0.15, 0.2) is 17.1 Å². The van der Waals surface area contributed by atoms with Crippen LogP contribution in [0.3, 0.4) is 0 Å². The van der Waals surface area contributed by atoms with Crippen LogP contribution < -0.4 is 15.0 Å². The summed E-state index contributed by atoms with van der Waals surface area (Å²) < 4.78 is 18.2. The maximum atomic E-state index is 13.6. The number of carbonyl (C=O) groups is 1. The zero-order valence-electron chi connectivity index (χ0n) is 20.9. The molecule has 3 aliphatic rings. The van der Waals surface area contributed by atoms with E-state index in [9.17, 15) is 14.7 Å². The summed E-state index contributed by atoms with van der Waals surface area (Å²) in [6, 6.07) is 5.94. The lowest BCUT2D eigenvalue weighted by Gasteiger charge is -2.31. The first-order chi connectivity index (χ1) is 17.3. The van der Waals surface area contributed by atoms with Crippen molar-refractivity contribution in [1.82, 2.24) is 14.5 Å². The molecule has 1 N–H and O–H groups in total. The number of hydrogen-bond donors (Lipinski definition) is 1. The number of aliphatic hydroxyl groups is 1. The summed E-state index contributed by atoms with van der Waals surface area (Å²) in [5, 5.41) is 12.1. The molecule has 9 nitrogen and oxygen atoms in total. The van der Waals surface area contributed by atoms with E-state index in [-0.39, 0.29) is 25.4 Å². The van der Waals surface area contributed by atoms with Gasteiger partial charge in [-0.15, -0.1) is 0 Å². The topological polar surface area (TPSA) is 103 Å². The quantitative estimate of drug-likeness (QED) is 0.425. The Kier molecular flexibility index (Phi) is 5.14. The van der Waals surface area contributed by atoms with Crippen LogP contribution in [0.25, 0.3) is 22.3 Å². The highest BCUT2D eigenvalue weighted by atomic mass is 16.7. The van der Waals surface area contributed by atoms with Crippen molar-refractivity contribution >= 4 is 16.9 Å². The summed E-state index contributed by atoms with van der Waals surface area (Å²) >= 11 is 0. The molecule has 3 aromatic rings. The summed E-state index contributed by atoms with van der Waals surface area (Å²) in [6.07, 6.45) is 0.105. The SMILES string of the molecule is CCN(Cc1c2c(nc3cc4c(cc13)OCO4)-c1cc3c(c(=O)n1C2)COC(=O)[C@]3(O)CC)C(C)C. The van der Waals surface area contributed by atoms with Gasteiger partial charge in [0, 0.05) is 35.2 Å². The fourth-order valence-electron chi connectivity index (χ4n) is 5.60. The second kappa shape index (κ2) is 8.04. The Balaban J connectivity index is 1.62. The molecule has 0 unspecified atom stereocenters. The smallest absolute Gasteiger partial charge is 0.343 e. The van der Waals surface area contributed by atoms with Crippen molar-refractivity contribution < 1.29 is 24.1 Å².